The number of hydrogen-bond donors (Lipinski definition) is 3. The average molecular weight is 584 g/mol. The number of aryl methyl sites for hydroxylation is 1. The summed E-state index contributed by atoms with van der Waals surface area (Å²) >= 11 is 17.3. The summed E-state index contributed by atoms with van der Waals surface area (Å²) in [6.07, 6.45) is -5.91. The van der Waals surface area contributed by atoms with Crippen LogP contribution in [0.4, 0.5) is 23.7 Å². The first-order valence-corrected chi connectivity index (χ1v) is 12.1. The zero-order chi connectivity index (χ0) is 27.3. The van der Waals surface area contributed by atoms with E-state index in [0.717, 1.165) is 17.7 Å². The molecule has 0 fully saturated rings. The van der Waals surface area contributed by atoms with Crippen LogP contribution < -0.4 is 5.32 Å². The van der Waals surface area contributed by atoms with Crippen molar-refractivity contribution >= 4 is 61.5 Å². The van der Waals surface area contributed by atoms with E-state index in [0.29, 0.717) is 6.07 Å². The molecule has 3 aromatic rings. The first-order valence-electron chi connectivity index (χ1n) is 9.53. The van der Waals surface area contributed by atoms with Crippen LogP contribution in [0.3, 0.4) is 0 Å². The number of sulfone groups is 1. The third-order valence-corrected chi connectivity index (χ3v) is 7.01. The van der Waals surface area contributed by atoms with Gasteiger partial charge in [0.2, 0.25) is 14.9 Å². The summed E-state index contributed by atoms with van der Waals surface area (Å²) in [4.78, 5) is 10.2. The summed E-state index contributed by atoms with van der Waals surface area (Å²) in [6, 6.07) is 13.3. The smallest absolute Gasteiger partial charge is 0.417 e. The Kier molecular flexibility index (Phi) is 9.61. The number of nitrogens with zero attached hydrogens (tertiary/aromatic N) is 1. The molecule has 0 aliphatic heterocycles. The van der Waals surface area contributed by atoms with Crippen LogP contribution in [0.25, 0.3) is 0 Å². The van der Waals surface area contributed by atoms with E-state index in [1.54, 1.807) is 18.2 Å². The SMILES string of the molecule is Cc1ccc(S(=O)(=O)/C(=N/O)c2c(Cl)cccc2Cl)cc1.O=C(O)Nc1ccc(C(F)(F)F)c(Cl)c1. The predicted molar refractivity (Wildman–Crippen MR) is 131 cm³/mol. The topological polar surface area (TPSA) is 116 Å². The zero-order valence-electron chi connectivity index (χ0n) is 18.0. The molecule has 0 aliphatic carbocycles. The fourth-order valence-corrected chi connectivity index (χ4v) is 5.01. The Balaban J connectivity index is 0.000000269. The van der Waals surface area contributed by atoms with Crippen molar-refractivity contribution < 1.29 is 36.7 Å². The van der Waals surface area contributed by atoms with Crippen molar-refractivity contribution in [1.29, 1.82) is 0 Å². The largest absolute Gasteiger partial charge is 0.465 e. The summed E-state index contributed by atoms with van der Waals surface area (Å²) in [5.41, 5.74) is -0.128. The van der Waals surface area contributed by atoms with Gasteiger partial charge in [0.1, 0.15) is 0 Å². The molecule has 7 nitrogen and oxygen atoms in total. The van der Waals surface area contributed by atoms with Gasteiger partial charge in [-0.05, 0) is 49.4 Å². The van der Waals surface area contributed by atoms with Crippen molar-refractivity contribution in [3.8, 4) is 0 Å². The van der Waals surface area contributed by atoms with Gasteiger partial charge in [0, 0.05) is 5.69 Å². The molecule has 0 saturated heterocycles. The van der Waals surface area contributed by atoms with E-state index in [1.807, 2.05) is 12.2 Å². The van der Waals surface area contributed by atoms with Gasteiger partial charge in [-0.15, -0.1) is 0 Å². The first kappa shape index (κ1) is 29.2. The Morgan fingerprint density at radius 1 is 0.944 bits per heavy atom. The number of alkyl halides is 3. The van der Waals surface area contributed by atoms with Gasteiger partial charge >= 0.3 is 12.3 Å². The number of amides is 1. The van der Waals surface area contributed by atoms with E-state index < -0.39 is 37.7 Å². The first-order chi connectivity index (χ1) is 16.7. The molecule has 0 heterocycles. The molecule has 192 valence electrons. The fourth-order valence-electron chi connectivity index (χ4n) is 2.72. The number of carboxylic acid groups (broad SMARTS) is 1. The standard InChI is InChI=1S/C14H11Cl2NO3S.C8H5ClF3NO2/c1-9-5-7-10(8-6-9)21(19,20)14(17-18)13-11(15)3-2-4-12(13)16;9-6-3-4(13-7(14)15)1-2-5(6)8(10,11)12/h2-8,18H,1H3;1-3,13H,(H,14,15)/b17-14+;. The maximum Gasteiger partial charge on any atom is 0.417 e. The molecule has 36 heavy (non-hydrogen) atoms. The number of hydrogen-bond acceptors (Lipinski definition) is 5. The van der Waals surface area contributed by atoms with Gasteiger partial charge in [-0.3, -0.25) is 5.32 Å². The van der Waals surface area contributed by atoms with Crippen molar-refractivity contribution in [2.24, 2.45) is 5.16 Å². The molecule has 3 rings (SSSR count). The third kappa shape index (κ3) is 7.26. The molecule has 0 atom stereocenters. The molecule has 0 saturated carbocycles. The monoisotopic (exact) mass is 582 g/mol. The van der Waals surface area contributed by atoms with Gasteiger partial charge in [-0.2, -0.15) is 13.2 Å². The van der Waals surface area contributed by atoms with Gasteiger partial charge in [0.05, 0.1) is 31.1 Å². The highest BCUT2D eigenvalue weighted by Gasteiger charge is 2.33. The highest BCUT2D eigenvalue weighted by atomic mass is 35.5. The molecule has 0 aromatic heterocycles. The number of nitrogens with one attached hydrogen (secondary N) is 1. The van der Waals surface area contributed by atoms with Crippen molar-refractivity contribution in [3.63, 3.8) is 0 Å². The second kappa shape index (κ2) is 11.8. The van der Waals surface area contributed by atoms with Crippen LogP contribution in [0.5, 0.6) is 0 Å². The van der Waals surface area contributed by atoms with E-state index in [1.165, 1.54) is 24.3 Å². The van der Waals surface area contributed by atoms with Crippen LogP contribution in [-0.2, 0) is 16.0 Å². The molecule has 0 radical (unpaired) electrons. The second-order valence-corrected chi connectivity index (χ2v) is 10.0. The van der Waals surface area contributed by atoms with Crippen LogP contribution >= 0.6 is 34.8 Å². The lowest BCUT2D eigenvalue weighted by atomic mass is 10.2. The van der Waals surface area contributed by atoms with Gasteiger partial charge in [-0.25, -0.2) is 13.2 Å². The van der Waals surface area contributed by atoms with Gasteiger partial charge in [0.15, 0.2) is 0 Å². The zero-order valence-corrected chi connectivity index (χ0v) is 21.1. The molecule has 0 aliphatic rings. The lowest BCUT2D eigenvalue weighted by Crippen LogP contribution is -2.17. The molecule has 0 spiro atoms. The Morgan fingerprint density at radius 2 is 1.50 bits per heavy atom. The Morgan fingerprint density at radius 3 is 1.94 bits per heavy atom. The van der Waals surface area contributed by atoms with Crippen molar-refractivity contribution in [2.75, 3.05) is 5.32 Å². The summed E-state index contributed by atoms with van der Waals surface area (Å²) in [6.45, 7) is 1.84. The minimum atomic E-state index is -4.54. The number of benzene rings is 3. The molecule has 3 aromatic carbocycles. The van der Waals surface area contributed by atoms with Crippen LogP contribution in [0, 0.1) is 6.92 Å². The summed E-state index contributed by atoms with van der Waals surface area (Å²) in [5, 5.41) is 21.3. The molecule has 3 N–H and O–H groups in total. The Hall–Kier alpha value is -2.99. The minimum Gasteiger partial charge on any atom is -0.465 e. The average Bonchev–Trinajstić information content (AvgIpc) is 2.75. The normalized spacial score (nSPS) is 11.9. The molecular formula is C22H16Cl3F3N2O5S. The van der Waals surface area contributed by atoms with E-state index in [-0.39, 0.29) is 26.2 Å². The fraction of sp³-hybridized carbons (Fsp3) is 0.0909. The van der Waals surface area contributed by atoms with E-state index in [2.05, 4.69) is 5.16 Å². The van der Waals surface area contributed by atoms with Gasteiger partial charge in [0.25, 0.3) is 0 Å². The summed E-state index contributed by atoms with van der Waals surface area (Å²) < 4.78 is 61.8. The predicted octanol–water partition coefficient (Wildman–Crippen LogP) is 7.36. The number of rotatable bonds is 3. The maximum atomic E-state index is 12.6. The minimum absolute atomic E-state index is 0.00288. The van der Waals surface area contributed by atoms with Gasteiger partial charge in [-0.1, -0.05) is 63.7 Å². The lowest BCUT2D eigenvalue weighted by Gasteiger charge is -2.10. The van der Waals surface area contributed by atoms with Crippen LogP contribution in [-0.4, -0.2) is 29.9 Å². The molecule has 14 heteroatoms. The van der Waals surface area contributed by atoms with Crippen molar-refractivity contribution in [3.05, 3.63) is 92.4 Å². The Bertz CT molecular complexity index is 1380. The molecule has 0 unspecified atom stereocenters. The quantitative estimate of drug-likeness (QED) is 0.129. The number of oxime groups is 1. The molecule has 1 amide bonds. The Labute approximate surface area is 218 Å². The van der Waals surface area contributed by atoms with E-state index in [9.17, 15) is 31.6 Å². The van der Waals surface area contributed by atoms with E-state index >= 15 is 0 Å². The lowest BCUT2D eigenvalue weighted by molar-refractivity contribution is -0.137. The number of carbonyl (C=O) groups is 1. The molecule has 0 bridgehead atoms. The number of anilines is 1. The third-order valence-electron chi connectivity index (χ3n) is 4.38. The molecular weight excluding hydrogens is 568 g/mol. The van der Waals surface area contributed by atoms with Crippen molar-refractivity contribution in [2.45, 2.75) is 18.0 Å². The van der Waals surface area contributed by atoms with Crippen LogP contribution in [0.15, 0.2) is 70.7 Å². The van der Waals surface area contributed by atoms with Crippen LogP contribution in [0.2, 0.25) is 15.1 Å². The second-order valence-electron chi connectivity index (χ2n) is 6.94. The highest BCUT2D eigenvalue weighted by molar-refractivity contribution is 8.07. The van der Waals surface area contributed by atoms with Gasteiger partial charge < -0.3 is 10.3 Å². The van der Waals surface area contributed by atoms with Crippen molar-refractivity contribution in [1.82, 2.24) is 0 Å². The summed E-state index contributed by atoms with van der Waals surface area (Å²) in [5.74, 6) is 0. The number of halogens is 6. The maximum absolute atomic E-state index is 12.6. The summed E-state index contributed by atoms with van der Waals surface area (Å²) in [7, 11) is -4.03. The van der Waals surface area contributed by atoms with Crippen LogP contribution in [0.1, 0.15) is 16.7 Å². The highest BCUT2D eigenvalue weighted by Crippen LogP contribution is 2.35. The van der Waals surface area contributed by atoms with E-state index in [4.69, 9.17) is 39.9 Å².